The fraction of sp³-hybridized carbons (Fsp3) is 0.600. The van der Waals surface area contributed by atoms with Gasteiger partial charge in [-0.25, -0.2) is 0 Å². The van der Waals surface area contributed by atoms with Gasteiger partial charge in [-0.3, -0.25) is 0 Å². The number of benzene rings is 1. The topological polar surface area (TPSA) is 21.3 Å². The Balaban J connectivity index is 1.94. The summed E-state index contributed by atoms with van der Waals surface area (Å²) in [5.74, 6) is 2.17. The molecular formula is C15H23NOS. The predicted octanol–water partition coefficient (Wildman–Crippen LogP) is 4.17. The van der Waals surface area contributed by atoms with Crippen LogP contribution in [-0.2, 0) is 0 Å². The average molecular weight is 265 g/mol. The molecule has 1 aromatic carbocycles. The number of rotatable bonds is 5. The lowest BCUT2D eigenvalue weighted by Gasteiger charge is -2.16. The van der Waals surface area contributed by atoms with Gasteiger partial charge in [-0.1, -0.05) is 19.9 Å². The summed E-state index contributed by atoms with van der Waals surface area (Å²) in [5, 5.41) is 4.38. The third-order valence-electron chi connectivity index (χ3n) is 3.32. The average Bonchev–Trinajstić information content (AvgIpc) is 2.75. The highest BCUT2D eigenvalue weighted by molar-refractivity contribution is 8.00. The van der Waals surface area contributed by atoms with E-state index < -0.39 is 0 Å². The van der Waals surface area contributed by atoms with Gasteiger partial charge < -0.3 is 10.1 Å². The first-order valence-electron chi connectivity index (χ1n) is 6.82. The molecule has 0 aliphatic carbocycles. The van der Waals surface area contributed by atoms with Crippen LogP contribution in [0.5, 0.6) is 5.75 Å². The molecule has 0 spiro atoms. The van der Waals surface area contributed by atoms with E-state index >= 15 is 0 Å². The highest BCUT2D eigenvalue weighted by Gasteiger charge is 2.21. The Bertz CT molecular complexity index is 383. The molecule has 1 aromatic rings. The maximum atomic E-state index is 5.84. The zero-order chi connectivity index (χ0) is 13.0. The maximum absolute atomic E-state index is 5.84. The Morgan fingerprint density at radius 2 is 2.33 bits per heavy atom. The monoisotopic (exact) mass is 265 g/mol. The number of anilines is 1. The van der Waals surface area contributed by atoms with Crippen molar-refractivity contribution in [1.82, 2.24) is 0 Å². The zero-order valence-corrected chi connectivity index (χ0v) is 12.3. The van der Waals surface area contributed by atoms with Crippen LogP contribution in [0.2, 0.25) is 0 Å². The van der Waals surface area contributed by atoms with E-state index in [0.29, 0.717) is 6.04 Å². The summed E-state index contributed by atoms with van der Waals surface area (Å²) < 4.78 is 5.84. The van der Waals surface area contributed by atoms with Crippen LogP contribution in [0.1, 0.15) is 33.6 Å². The quantitative estimate of drug-likeness (QED) is 0.863. The predicted molar refractivity (Wildman–Crippen MR) is 80.8 cm³/mol. The largest absolute Gasteiger partial charge is 0.491 e. The van der Waals surface area contributed by atoms with Crippen LogP contribution in [0.3, 0.4) is 0 Å². The first kappa shape index (κ1) is 13.6. The molecule has 0 radical (unpaired) electrons. The molecule has 1 heterocycles. The molecule has 1 N–H and O–H groups in total. The molecular weight excluding hydrogens is 242 g/mol. The summed E-state index contributed by atoms with van der Waals surface area (Å²) >= 11 is 2.05. The zero-order valence-electron chi connectivity index (χ0n) is 11.5. The molecule has 1 aliphatic heterocycles. The van der Waals surface area contributed by atoms with Gasteiger partial charge in [-0.15, -0.1) is 0 Å². The van der Waals surface area contributed by atoms with Crippen LogP contribution >= 0.6 is 11.8 Å². The van der Waals surface area contributed by atoms with Gasteiger partial charge >= 0.3 is 0 Å². The minimum absolute atomic E-state index is 0.280. The number of hydrogen-bond acceptors (Lipinski definition) is 3. The summed E-state index contributed by atoms with van der Waals surface area (Å²) in [4.78, 5) is 0. The minimum atomic E-state index is 0.280. The Kier molecular flexibility index (Phi) is 4.81. The first-order chi connectivity index (χ1) is 8.67. The first-order valence-corrected chi connectivity index (χ1v) is 7.87. The molecule has 3 heteroatoms. The molecule has 3 atom stereocenters. The molecule has 2 rings (SSSR count). The summed E-state index contributed by atoms with van der Waals surface area (Å²) in [6.45, 7) is 6.55. The summed E-state index contributed by atoms with van der Waals surface area (Å²) in [7, 11) is 0. The number of ether oxygens (including phenoxy) is 1. The lowest BCUT2D eigenvalue weighted by molar-refractivity contribution is 0.217. The fourth-order valence-electron chi connectivity index (χ4n) is 2.13. The van der Waals surface area contributed by atoms with Crippen molar-refractivity contribution in [2.24, 2.45) is 0 Å². The molecule has 100 valence electrons. The van der Waals surface area contributed by atoms with Crippen molar-refractivity contribution in [3.05, 3.63) is 24.3 Å². The fourth-order valence-corrected chi connectivity index (χ4v) is 3.28. The van der Waals surface area contributed by atoms with Gasteiger partial charge in [0, 0.05) is 28.8 Å². The molecule has 0 bridgehead atoms. The number of nitrogens with one attached hydrogen (secondary N) is 1. The maximum Gasteiger partial charge on any atom is 0.121 e. The molecule has 0 amide bonds. The van der Waals surface area contributed by atoms with Gasteiger partial charge in [-0.05, 0) is 31.9 Å². The SMILES string of the molecule is CCC(C)Oc1cccc(NC2CSC(C)C2)c1. The summed E-state index contributed by atoms with van der Waals surface area (Å²) in [6, 6.07) is 8.93. The molecule has 3 unspecified atom stereocenters. The van der Waals surface area contributed by atoms with Gasteiger partial charge in [0.15, 0.2) is 0 Å². The van der Waals surface area contributed by atoms with E-state index in [4.69, 9.17) is 4.74 Å². The molecule has 0 saturated carbocycles. The standard InChI is InChI=1S/C15H23NOS/c1-4-11(2)17-15-7-5-6-13(9-15)16-14-8-12(3)18-10-14/h5-7,9,11-12,14,16H,4,8,10H2,1-3H3. The van der Waals surface area contributed by atoms with Gasteiger partial charge in [-0.2, -0.15) is 11.8 Å². The minimum Gasteiger partial charge on any atom is -0.491 e. The van der Waals surface area contributed by atoms with E-state index in [-0.39, 0.29) is 6.10 Å². The Morgan fingerprint density at radius 1 is 1.50 bits per heavy atom. The van der Waals surface area contributed by atoms with E-state index in [0.717, 1.165) is 17.4 Å². The van der Waals surface area contributed by atoms with Crippen molar-refractivity contribution in [2.45, 2.75) is 51.0 Å². The Labute approximate surface area is 114 Å². The Morgan fingerprint density at radius 3 is 3.00 bits per heavy atom. The van der Waals surface area contributed by atoms with Gasteiger partial charge in [0.1, 0.15) is 5.75 Å². The smallest absolute Gasteiger partial charge is 0.121 e. The lowest BCUT2D eigenvalue weighted by Crippen LogP contribution is -2.19. The Hall–Kier alpha value is -0.830. The molecule has 2 nitrogen and oxygen atoms in total. The highest BCUT2D eigenvalue weighted by atomic mass is 32.2. The van der Waals surface area contributed by atoms with Crippen LogP contribution in [-0.4, -0.2) is 23.1 Å². The van der Waals surface area contributed by atoms with Crippen molar-refractivity contribution in [1.29, 1.82) is 0 Å². The summed E-state index contributed by atoms with van der Waals surface area (Å²) in [5.41, 5.74) is 1.18. The van der Waals surface area contributed by atoms with Crippen molar-refractivity contribution < 1.29 is 4.74 Å². The lowest BCUT2D eigenvalue weighted by atomic mass is 10.2. The highest BCUT2D eigenvalue weighted by Crippen LogP contribution is 2.29. The van der Waals surface area contributed by atoms with Gasteiger partial charge in [0.2, 0.25) is 0 Å². The van der Waals surface area contributed by atoms with Gasteiger partial charge in [0.25, 0.3) is 0 Å². The third kappa shape index (κ3) is 3.84. The van der Waals surface area contributed by atoms with Crippen molar-refractivity contribution >= 4 is 17.4 Å². The second kappa shape index (κ2) is 6.37. The number of thioether (sulfide) groups is 1. The molecule has 1 saturated heterocycles. The van der Waals surface area contributed by atoms with Crippen LogP contribution in [0.15, 0.2) is 24.3 Å². The van der Waals surface area contributed by atoms with Crippen LogP contribution in [0.25, 0.3) is 0 Å². The third-order valence-corrected chi connectivity index (χ3v) is 4.67. The van der Waals surface area contributed by atoms with Crippen LogP contribution in [0, 0.1) is 0 Å². The number of hydrogen-bond donors (Lipinski definition) is 1. The van der Waals surface area contributed by atoms with Crippen LogP contribution < -0.4 is 10.1 Å². The summed E-state index contributed by atoms with van der Waals surface area (Å²) in [6.07, 6.45) is 2.57. The van der Waals surface area contributed by atoms with E-state index in [9.17, 15) is 0 Å². The van der Waals surface area contributed by atoms with Crippen molar-refractivity contribution in [3.8, 4) is 5.75 Å². The normalized spacial score (nSPS) is 24.8. The molecule has 1 aliphatic rings. The van der Waals surface area contributed by atoms with Crippen molar-refractivity contribution in [3.63, 3.8) is 0 Å². The van der Waals surface area contributed by atoms with E-state index in [1.54, 1.807) is 0 Å². The molecule has 0 aromatic heterocycles. The van der Waals surface area contributed by atoms with E-state index in [1.807, 2.05) is 17.8 Å². The van der Waals surface area contributed by atoms with E-state index in [2.05, 4.69) is 44.3 Å². The van der Waals surface area contributed by atoms with Crippen LogP contribution in [0.4, 0.5) is 5.69 Å². The molecule has 1 fully saturated rings. The molecule has 18 heavy (non-hydrogen) atoms. The van der Waals surface area contributed by atoms with Crippen molar-refractivity contribution in [2.75, 3.05) is 11.1 Å². The van der Waals surface area contributed by atoms with E-state index in [1.165, 1.54) is 17.9 Å². The second-order valence-electron chi connectivity index (χ2n) is 5.09. The van der Waals surface area contributed by atoms with Gasteiger partial charge in [0.05, 0.1) is 6.10 Å². The second-order valence-corrected chi connectivity index (χ2v) is 6.56.